The number of rotatable bonds is 4. The SMILES string of the molecule is Cc1nn(C)c(C)c1CNC(=O)Cn1ccc2c(Br)cccc21. The second-order valence-corrected chi connectivity index (χ2v) is 6.52. The van der Waals surface area contributed by atoms with E-state index in [1.807, 2.05) is 60.6 Å². The summed E-state index contributed by atoms with van der Waals surface area (Å²) in [5, 5.41) is 8.47. The fraction of sp³-hybridized carbons (Fsp3) is 0.294. The van der Waals surface area contributed by atoms with Crippen molar-refractivity contribution < 1.29 is 4.79 Å². The van der Waals surface area contributed by atoms with E-state index < -0.39 is 0 Å². The molecule has 6 heteroatoms. The zero-order valence-corrected chi connectivity index (χ0v) is 15.0. The van der Waals surface area contributed by atoms with Gasteiger partial charge in [0, 0.05) is 46.4 Å². The molecule has 1 aromatic carbocycles. The first-order valence-corrected chi connectivity index (χ1v) is 8.26. The third kappa shape index (κ3) is 3.03. The van der Waals surface area contributed by atoms with Crippen LogP contribution in [0.4, 0.5) is 0 Å². The lowest BCUT2D eigenvalue weighted by Gasteiger charge is -2.08. The van der Waals surface area contributed by atoms with Crippen molar-refractivity contribution in [1.82, 2.24) is 19.7 Å². The largest absolute Gasteiger partial charge is 0.350 e. The summed E-state index contributed by atoms with van der Waals surface area (Å²) in [5.41, 5.74) is 4.17. The van der Waals surface area contributed by atoms with Crippen molar-refractivity contribution in [2.75, 3.05) is 0 Å². The number of aromatic nitrogens is 3. The summed E-state index contributed by atoms with van der Waals surface area (Å²) in [6.07, 6.45) is 1.94. The number of benzene rings is 1. The topological polar surface area (TPSA) is 51.9 Å². The molecule has 2 heterocycles. The molecular formula is C17H19BrN4O. The molecule has 0 saturated carbocycles. The molecule has 0 spiro atoms. The summed E-state index contributed by atoms with van der Waals surface area (Å²) < 4.78 is 4.84. The van der Waals surface area contributed by atoms with Crippen LogP contribution < -0.4 is 5.32 Å². The van der Waals surface area contributed by atoms with Crippen molar-refractivity contribution in [2.45, 2.75) is 26.9 Å². The molecule has 0 saturated heterocycles. The first-order valence-electron chi connectivity index (χ1n) is 7.46. The minimum Gasteiger partial charge on any atom is -0.350 e. The molecule has 2 aromatic heterocycles. The van der Waals surface area contributed by atoms with E-state index in [9.17, 15) is 4.79 Å². The molecule has 0 aliphatic heterocycles. The molecule has 1 amide bonds. The Hall–Kier alpha value is -2.08. The van der Waals surface area contributed by atoms with E-state index in [2.05, 4.69) is 26.3 Å². The van der Waals surface area contributed by atoms with Crippen LogP contribution in [0.15, 0.2) is 34.9 Å². The first-order chi connectivity index (χ1) is 11.0. The Morgan fingerprint density at radius 1 is 1.30 bits per heavy atom. The molecular weight excluding hydrogens is 356 g/mol. The summed E-state index contributed by atoms with van der Waals surface area (Å²) in [4.78, 5) is 12.3. The molecule has 0 atom stereocenters. The lowest BCUT2D eigenvalue weighted by atomic mass is 10.2. The van der Waals surface area contributed by atoms with Crippen LogP contribution in [0.3, 0.4) is 0 Å². The third-order valence-electron chi connectivity index (χ3n) is 4.20. The van der Waals surface area contributed by atoms with Gasteiger partial charge in [0.2, 0.25) is 5.91 Å². The fourth-order valence-electron chi connectivity index (χ4n) is 2.79. The number of nitrogens with one attached hydrogen (secondary N) is 1. The number of halogens is 1. The Labute approximate surface area is 143 Å². The summed E-state index contributed by atoms with van der Waals surface area (Å²) in [7, 11) is 1.91. The van der Waals surface area contributed by atoms with Crippen LogP contribution in [-0.4, -0.2) is 20.3 Å². The van der Waals surface area contributed by atoms with Crippen molar-refractivity contribution in [1.29, 1.82) is 0 Å². The number of aryl methyl sites for hydroxylation is 2. The number of hydrogen-bond acceptors (Lipinski definition) is 2. The predicted octanol–water partition coefficient (Wildman–Crippen LogP) is 3.07. The molecule has 120 valence electrons. The maximum absolute atomic E-state index is 12.3. The number of amides is 1. The van der Waals surface area contributed by atoms with Gasteiger partial charge in [-0.05, 0) is 32.0 Å². The van der Waals surface area contributed by atoms with Gasteiger partial charge in [0.05, 0.1) is 5.69 Å². The summed E-state index contributed by atoms with van der Waals surface area (Å²) >= 11 is 3.53. The second kappa shape index (κ2) is 6.20. The predicted molar refractivity (Wildman–Crippen MR) is 94.2 cm³/mol. The number of hydrogen-bond donors (Lipinski definition) is 1. The molecule has 0 fully saturated rings. The molecule has 0 radical (unpaired) electrons. The minimum atomic E-state index is -0.00914. The van der Waals surface area contributed by atoms with Crippen molar-refractivity contribution in [3.63, 3.8) is 0 Å². The summed E-state index contributed by atoms with van der Waals surface area (Å²) in [6.45, 7) is 4.79. The van der Waals surface area contributed by atoms with E-state index in [1.54, 1.807) is 0 Å². The first kappa shape index (κ1) is 15.8. The summed E-state index contributed by atoms with van der Waals surface area (Å²) in [6, 6.07) is 8.01. The Kier molecular flexibility index (Phi) is 4.26. The van der Waals surface area contributed by atoms with Crippen LogP contribution in [0.2, 0.25) is 0 Å². The van der Waals surface area contributed by atoms with Gasteiger partial charge in [-0.3, -0.25) is 9.48 Å². The quantitative estimate of drug-likeness (QED) is 0.762. The van der Waals surface area contributed by atoms with Crippen molar-refractivity contribution in [3.05, 3.63) is 51.9 Å². The molecule has 23 heavy (non-hydrogen) atoms. The van der Waals surface area contributed by atoms with E-state index in [0.717, 1.165) is 32.3 Å². The van der Waals surface area contributed by atoms with E-state index in [1.165, 1.54) is 0 Å². The van der Waals surface area contributed by atoms with Crippen LogP contribution in [0.5, 0.6) is 0 Å². The van der Waals surface area contributed by atoms with Gasteiger partial charge in [0.1, 0.15) is 6.54 Å². The molecule has 3 aromatic rings. The Bertz CT molecular complexity index is 878. The van der Waals surface area contributed by atoms with Crippen molar-refractivity contribution in [2.24, 2.45) is 7.05 Å². The number of carbonyl (C=O) groups is 1. The average molecular weight is 375 g/mol. The lowest BCUT2D eigenvalue weighted by Crippen LogP contribution is -2.27. The second-order valence-electron chi connectivity index (χ2n) is 5.67. The average Bonchev–Trinajstić information content (AvgIpc) is 3.01. The van der Waals surface area contributed by atoms with Crippen LogP contribution in [0.1, 0.15) is 17.0 Å². The molecule has 0 aliphatic carbocycles. The Morgan fingerprint density at radius 2 is 2.09 bits per heavy atom. The highest BCUT2D eigenvalue weighted by Gasteiger charge is 2.12. The zero-order chi connectivity index (χ0) is 16.6. The number of nitrogens with zero attached hydrogens (tertiary/aromatic N) is 3. The lowest BCUT2D eigenvalue weighted by molar-refractivity contribution is -0.121. The molecule has 1 N–H and O–H groups in total. The van der Waals surface area contributed by atoms with E-state index in [-0.39, 0.29) is 5.91 Å². The summed E-state index contributed by atoms with van der Waals surface area (Å²) in [5.74, 6) is -0.00914. The molecule has 0 unspecified atom stereocenters. The molecule has 0 bridgehead atoms. The Balaban J connectivity index is 1.70. The molecule has 3 rings (SSSR count). The number of fused-ring (bicyclic) bond motifs is 1. The third-order valence-corrected chi connectivity index (χ3v) is 4.89. The minimum absolute atomic E-state index is 0.00914. The highest BCUT2D eigenvalue weighted by molar-refractivity contribution is 9.10. The monoisotopic (exact) mass is 374 g/mol. The van der Waals surface area contributed by atoms with Crippen molar-refractivity contribution in [3.8, 4) is 0 Å². The van der Waals surface area contributed by atoms with Gasteiger partial charge in [-0.25, -0.2) is 0 Å². The van der Waals surface area contributed by atoms with E-state index in [4.69, 9.17) is 0 Å². The highest BCUT2D eigenvalue weighted by Crippen LogP contribution is 2.24. The molecule has 0 aliphatic rings. The van der Waals surface area contributed by atoms with Crippen molar-refractivity contribution >= 4 is 32.7 Å². The molecule has 5 nitrogen and oxygen atoms in total. The number of carbonyl (C=O) groups excluding carboxylic acids is 1. The van der Waals surface area contributed by atoms with Gasteiger partial charge >= 0.3 is 0 Å². The van der Waals surface area contributed by atoms with Gasteiger partial charge < -0.3 is 9.88 Å². The van der Waals surface area contributed by atoms with Crippen LogP contribution in [0, 0.1) is 13.8 Å². The van der Waals surface area contributed by atoms with Gasteiger partial charge in [-0.1, -0.05) is 22.0 Å². The smallest absolute Gasteiger partial charge is 0.240 e. The van der Waals surface area contributed by atoms with Gasteiger partial charge in [0.15, 0.2) is 0 Å². The standard InChI is InChI=1S/C17H19BrN4O/c1-11-14(12(2)21(3)20-11)9-19-17(23)10-22-8-7-13-15(18)5-4-6-16(13)22/h4-8H,9-10H2,1-3H3,(H,19,23). The fourth-order valence-corrected chi connectivity index (χ4v) is 3.28. The van der Waals surface area contributed by atoms with Crippen LogP contribution >= 0.6 is 15.9 Å². The Morgan fingerprint density at radius 3 is 2.78 bits per heavy atom. The van der Waals surface area contributed by atoms with E-state index >= 15 is 0 Å². The maximum Gasteiger partial charge on any atom is 0.240 e. The highest BCUT2D eigenvalue weighted by atomic mass is 79.9. The zero-order valence-electron chi connectivity index (χ0n) is 13.4. The normalized spacial score (nSPS) is 11.1. The van der Waals surface area contributed by atoms with E-state index in [0.29, 0.717) is 13.1 Å². The van der Waals surface area contributed by atoms with Crippen LogP contribution in [-0.2, 0) is 24.9 Å². The van der Waals surface area contributed by atoms with Gasteiger partial charge in [-0.15, -0.1) is 0 Å². The van der Waals surface area contributed by atoms with Gasteiger partial charge in [0.25, 0.3) is 0 Å². The maximum atomic E-state index is 12.3. The van der Waals surface area contributed by atoms with Gasteiger partial charge in [-0.2, -0.15) is 5.10 Å². The van der Waals surface area contributed by atoms with Crippen LogP contribution in [0.25, 0.3) is 10.9 Å².